The molecule has 1 heterocycles. The van der Waals surface area contributed by atoms with Gasteiger partial charge in [-0.25, -0.2) is 0 Å². The van der Waals surface area contributed by atoms with E-state index in [1.165, 1.54) is 0 Å². The zero-order chi connectivity index (χ0) is 21.0. The summed E-state index contributed by atoms with van der Waals surface area (Å²) in [5, 5.41) is 15.7. The lowest BCUT2D eigenvalue weighted by molar-refractivity contribution is -0.134. The van der Waals surface area contributed by atoms with Crippen molar-refractivity contribution < 1.29 is 14.7 Å². The van der Waals surface area contributed by atoms with Crippen LogP contribution in [0.4, 0.5) is 5.69 Å². The number of rotatable bonds is 7. The molecule has 29 heavy (non-hydrogen) atoms. The van der Waals surface area contributed by atoms with E-state index in [-0.39, 0.29) is 18.5 Å². The van der Waals surface area contributed by atoms with Gasteiger partial charge in [0.2, 0.25) is 0 Å². The number of benzene rings is 2. The number of nitrogens with zero attached hydrogens (tertiary/aromatic N) is 1. The minimum atomic E-state index is -0.965. The zero-order valence-corrected chi connectivity index (χ0v) is 16.4. The predicted octanol–water partition coefficient (Wildman–Crippen LogP) is 2.99. The number of aromatic nitrogens is 1. The van der Waals surface area contributed by atoms with Crippen LogP contribution in [0.3, 0.4) is 0 Å². The normalized spacial score (nSPS) is 11.8. The monoisotopic (exact) mass is 392 g/mol. The Kier molecular flexibility index (Phi) is 6.09. The van der Waals surface area contributed by atoms with Gasteiger partial charge < -0.3 is 21.5 Å². The van der Waals surface area contributed by atoms with Gasteiger partial charge in [-0.2, -0.15) is 0 Å². The molecule has 0 unspecified atom stereocenters. The van der Waals surface area contributed by atoms with Crippen LogP contribution in [-0.4, -0.2) is 28.5 Å². The topological polar surface area (TPSA) is 117 Å². The first-order chi connectivity index (χ1) is 13.9. The van der Waals surface area contributed by atoms with Crippen LogP contribution < -0.4 is 16.4 Å². The number of fused-ring (bicyclic) bond motifs is 1. The number of anilines is 1. The van der Waals surface area contributed by atoms with Gasteiger partial charge in [0.15, 0.2) is 0 Å². The fraction of sp³-hybridized carbons (Fsp3) is 0.227. The lowest BCUT2D eigenvalue weighted by Gasteiger charge is -2.19. The molecule has 3 rings (SSSR count). The fourth-order valence-corrected chi connectivity index (χ4v) is 3.32. The maximum atomic E-state index is 12.9. The van der Waals surface area contributed by atoms with Crippen LogP contribution in [0.15, 0.2) is 48.5 Å². The number of carbonyl (C=O) groups is 2. The van der Waals surface area contributed by atoms with Gasteiger partial charge in [-0.1, -0.05) is 24.3 Å². The molecule has 0 radical (unpaired) electrons. The smallest absolute Gasteiger partial charge is 0.322 e. The van der Waals surface area contributed by atoms with Crippen molar-refractivity contribution in [2.45, 2.75) is 26.4 Å². The summed E-state index contributed by atoms with van der Waals surface area (Å²) in [6.45, 7) is 3.81. The first-order valence-corrected chi connectivity index (χ1v) is 9.35. The van der Waals surface area contributed by atoms with Gasteiger partial charge in [0.1, 0.15) is 6.54 Å². The van der Waals surface area contributed by atoms with E-state index < -0.39 is 5.97 Å². The van der Waals surface area contributed by atoms with Crippen LogP contribution in [0.1, 0.15) is 40.1 Å². The highest BCUT2D eigenvalue weighted by atomic mass is 16.4. The molecule has 5 N–H and O–H groups in total. The Hall–Kier alpha value is -3.45. The molecule has 0 saturated heterocycles. The molecule has 150 valence electrons. The van der Waals surface area contributed by atoms with E-state index >= 15 is 0 Å². The molecule has 7 nitrogen and oxygen atoms in total. The van der Waals surface area contributed by atoms with Crippen molar-refractivity contribution in [3.8, 4) is 0 Å². The van der Waals surface area contributed by atoms with E-state index in [4.69, 9.17) is 10.8 Å². The van der Waals surface area contributed by atoms with E-state index in [2.05, 4.69) is 15.6 Å². The molecule has 0 aliphatic carbocycles. The number of hydrogen-bond donors (Lipinski definition) is 4. The number of hydrogen-bond acceptors (Lipinski definition) is 5. The minimum Gasteiger partial charge on any atom is -0.480 e. The Morgan fingerprint density at radius 1 is 1.17 bits per heavy atom. The number of pyridine rings is 1. The Bertz CT molecular complexity index is 1070. The van der Waals surface area contributed by atoms with Crippen molar-refractivity contribution >= 4 is 28.5 Å². The summed E-state index contributed by atoms with van der Waals surface area (Å²) in [6.07, 6.45) is 0. The molecule has 0 aliphatic rings. The molecule has 0 aliphatic heterocycles. The van der Waals surface area contributed by atoms with Crippen LogP contribution >= 0.6 is 0 Å². The number of carbonyl (C=O) groups excluding carboxylic acids is 1. The van der Waals surface area contributed by atoms with Gasteiger partial charge in [0, 0.05) is 23.2 Å². The quantitative estimate of drug-likeness (QED) is 0.491. The highest BCUT2D eigenvalue weighted by molar-refractivity contribution is 5.97. The number of carboxylic acid groups (broad SMARTS) is 1. The van der Waals surface area contributed by atoms with Crippen LogP contribution in [0.5, 0.6) is 0 Å². The average Bonchev–Trinajstić information content (AvgIpc) is 2.71. The highest BCUT2D eigenvalue weighted by Crippen LogP contribution is 2.25. The first-order valence-electron chi connectivity index (χ1n) is 9.35. The van der Waals surface area contributed by atoms with Crippen LogP contribution in [-0.2, 0) is 11.3 Å². The standard InChI is InChI=1S/C22H24N4O3/c1-13-16(7-5-9-19(13)24-12-21(27)28)22(29)25-14(2)18-10-15(11-23)26-20-8-4-3-6-17(18)20/h3-10,14,24H,11-12,23H2,1-2H3,(H,25,29)(H,27,28)/t14-/m1/s1. The molecule has 2 aromatic carbocycles. The number of para-hydroxylation sites is 1. The third kappa shape index (κ3) is 4.52. The van der Waals surface area contributed by atoms with Crippen molar-refractivity contribution in [1.82, 2.24) is 10.3 Å². The van der Waals surface area contributed by atoms with Crippen molar-refractivity contribution in [3.05, 3.63) is 70.9 Å². The van der Waals surface area contributed by atoms with Crippen LogP contribution in [0, 0.1) is 6.92 Å². The molecule has 0 spiro atoms. The van der Waals surface area contributed by atoms with Crippen molar-refractivity contribution in [2.24, 2.45) is 5.73 Å². The number of amides is 1. The lowest BCUT2D eigenvalue weighted by Crippen LogP contribution is -2.28. The summed E-state index contributed by atoms with van der Waals surface area (Å²) in [4.78, 5) is 28.3. The van der Waals surface area contributed by atoms with E-state index in [0.717, 1.165) is 22.2 Å². The maximum absolute atomic E-state index is 12.9. The second-order valence-electron chi connectivity index (χ2n) is 6.84. The number of nitrogens with one attached hydrogen (secondary N) is 2. The first kappa shape index (κ1) is 20.3. The number of aliphatic carboxylic acids is 1. The molecule has 0 bridgehead atoms. The Morgan fingerprint density at radius 3 is 2.66 bits per heavy atom. The second-order valence-corrected chi connectivity index (χ2v) is 6.84. The van der Waals surface area contributed by atoms with Crippen molar-refractivity contribution in [1.29, 1.82) is 0 Å². The molecular weight excluding hydrogens is 368 g/mol. The third-order valence-corrected chi connectivity index (χ3v) is 4.83. The number of carboxylic acids is 1. The molecule has 1 aromatic heterocycles. The summed E-state index contributed by atoms with van der Waals surface area (Å²) in [6, 6.07) is 14.6. The Morgan fingerprint density at radius 2 is 1.93 bits per heavy atom. The molecular formula is C22H24N4O3. The van der Waals surface area contributed by atoms with Gasteiger partial charge in [0.05, 0.1) is 17.3 Å². The highest BCUT2D eigenvalue weighted by Gasteiger charge is 2.17. The third-order valence-electron chi connectivity index (χ3n) is 4.83. The minimum absolute atomic E-state index is 0.215. The van der Waals surface area contributed by atoms with Gasteiger partial charge in [0.25, 0.3) is 5.91 Å². The van der Waals surface area contributed by atoms with E-state index in [0.29, 0.717) is 23.4 Å². The Labute approximate surface area is 169 Å². The van der Waals surface area contributed by atoms with Gasteiger partial charge in [-0.05, 0) is 49.2 Å². The zero-order valence-electron chi connectivity index (χ0n) is 16.4. The van der Waals surface area contributed by atoms with Gasteiger partial charge >= 0.3 is 5.97 Å². The molecule has 7 heteroatoms. The molecule has 0 saturated carbocycles. The summed E-state index contributed by atoms with van der Waals surface area (Å²) in [7, 11) is 0. The molecule has 1 atom stereocenters. The van der Waals surface area contributed by atoms with Gasteiger partial charge in [-0.3, -0.25) is 14.6 Å². The fourth-order valence-electron chi connectivity index (χ4n) is 3.32. The SMILES string of the molecule is Cc1c(NCC(=O)O)cccc1C(=O)N[C@H](C)c1cc(CN)nc2ccccc12. The molecule has 3 aromatic rings. The molecule has 0 fully saturated rings. The van der Waals surface area contributed by atoms with Crippen molar-refractivity contribution in [2.75, 3.05) is 11.9 Å². The summed E-state index contributed by atoms with van der Waals surface area (Å²) in [5.74, 6) is -1.20. The van der Waals surface area contributed by atoms with Crippen molar-refractivity contribution in [3.63, 3.8) is 0 Å². The molecule has 1 amide bonds. The van der Waals surface area contributed by atoms with Crippen LogP contribution in [0.25, 0.3) is 10.9 Å². The predicted molar refractivity (Wildman–Crippen MR) is 113 cm³/mol. The van der Waals surface area contributed by atoms with E-state index in [1.807, 2.05) is 37.3 Å². The summed E-state index contributed by atoms with van der Waals surface area (Å²) in [5.41, 5.74) is 10.1. The van der Waals surface area contributed by atoms with Crippen LogP contribution in [0.2, 0.25) is 0 Å². The Balaban J connectivity index is 1.87. The second kappa shape index (κ2) is 8.70. The lowest BCUT2D eigenvalue weighted by atomic mass is 10.0. The summed E-state index contributed by atoms with van der Waals surface area (Å²) < 4.78 is 0. The number of nitrogens with two attached hydrogens (primary N) is 1. The van der Waals surface area contributed by atoms with E-state index in [1.54, 1.807) is 25.1 Å². The summed E-state index contributed by atoms with van der Waals surface area (Å²) >= 11 is 0. The largest absolute Gasteiger partial charge is 0.480 e. The average molecular weight is 392 g/mol. The van der Waals surface area contributed by atoms with Gasteiger partial charge in [-0.15, -0.1) is 0 Å². The van der Waals surface area contributed by atoms with E-state index in [9.17, 15) is 9.59 Å². The maximum Gasteiger partial charge on any atom is 0.322 e.